The molecule has 12 heteroatoms. The molecule has 1 heterocycles. The zero-order chi connectivity index (χ0) is 25.1. The van der Waals surface area contributed by atoms with Crippen LogP contribution in [0.5, 0.6) is 0 Å². The fourth-order valence-electron chi connectivity index (χ4n) is 3.50. The molecule has 182 valence electrons. The summed E-state index contributed by atoms with van der Waals surface area (Å²) in [5.41, 5.74) is -1.59. The van der Waals surface area contributed by atoms with E-state index >= 15 is 0 Å². The summed E-state index contributed by atoms with van der Waals surface area (Å²) in [4.78, 5) is 26.1. The second kappa shape index (κ2) is 10.6. The van der Waals surface area contributed by atoms with Gasteiger partial charge in [-0.05, 0) is 49.6 Å². The number of alkyl halides is 3. The lowest BCUT2D eigenvalue weighted by atomic mass is 9.81. The molecule has 0 radical (unpaired) electrons. The topological polar surface area (TPSA) is 71.0 Å². The Morgan fingerprint density at radius 3 is 2.50 bits per heavy atom. The van der Waals surface area contributed by atoms with Crippen LogP contribution < -0.4 is 5.32 Å². The van der Waals surface area contributed by atoms with Gasteiger partial charge in [-0.2, -0.15) is 30.0 Å². The van der Waals surface area contributed by atoms with Gasteiger partial charge in [-0.15, -0.1) is 0 Å². The number of ether oxygens (including phenoxy) is 1. The van der Waals surface area contributed by atoms with Crippen molar-refractivity contribution in [2.75, 3.05) is 30.5 Å². The minimum absolute atomic E-state index is 0.0844. The Morgan fingerprint density at radius 2 is 1.94 bits per heavy atom. The van der Waals surface area contributed by atoms with E-state index in [4.69, 9.17) is 16.3 Å². The van der Waals surface area contributed by atoms with Crippen LogP contribution in [0.1, 0.15) is 18.1 Å². The van der Waals surface area contributed by atoms with E-state index in [2.05, 4.69) is 26.3 Å². The van der Waals surface area contributed by atoms with Gasteiger partial charge in [0.15, 0.2) is 0 Å². The number of hydrogen-bond acceptors (Lipinski definition) is 5. The highest BCUT2D eigenvalue weighted by Gasteiger charge is 2.52. The molecule has 1 aliphatic heterocycles. The molecule has 0 spiro atoms. The van der Waals surface area contributed by atoms with Gasteiger partial charge in [0.1, 0.15) is 5.41 Å². The van der Waals surface area contributed by atoms with Crippen molar-refractivity contribution < 1.29 is 27.5 Å². The van der Waals surface area contributed by atoms with Crippen LogP contribution in [0.4, 0.5) is 23.7 Å². The predicted molar refractivity (Wildman–Crippen MR) is 130 cm³/mol. The molecule has 1 unspecified atom stereocenters. The minimum Gasteiger partial charge on any atom is -0.465 e. The average molecular weight is 579 g/mol. The first-order valence-electron chi connectivity index (χ1n) is 9.98. The molecular weight excluding hydrogens is 559 g/mol. The highest BCUT2D eigenvalue weighted by atomic mass is 79.9. The average Bonchev–Trinajstić information content (AvgIpc) is 3.16. The Balaban J connectivity index is 2.04. The van der Waals surface area contributed by atoms with Gasteiger partial charge in [-0.3, -0.25) is 4.79 Å². The first-order chi connectivity index (χ1) is 16.0. The number of thioether (sulfide) groups is 1. The maximum atomic E-state index is 13.2. The van der Waals surface area contributed by atoms with Gasteiger partial charge in [0, 0.05) is 21.5 Å². The first-order valence-corrected chi connectivity index (χ1v) is 12.5. The van der Waals surface area contributed by atoms with Crippen LogP contribution in [0.15, 0.2) is 52.0 Å². The molecule has 34 heavy (non-hydrogen) atoms. The number of urea groups is 1. The number of hydrogen-bond donors (Lipinski definition) is 1. The third-order valence-corrected chi connectivity index (χ3v) is 6.65. The number of hydrazone groups is 1. The van der Waals surface area contributed by atoms with Gasteiger partial charge in [0.2, 0.25) is 0 Å². The van der Waals surface area contributed by atoms with Crippen molar-refractivity contribution in [2.24, 2.45) is 10.5 Å². The third-order valence-electron chi connectivity index (χ3n) is 5.03. The number of benzene rings is 2. The Hall–Kier alpha value is -2.24. The van der Waals surface area contributed by atoms with E-state index in [-0.39, 0.29) is 30.2 Å². The molecule has 1 aliphatic rings. The number of halogens is 5. The van der Waals surface area contributed by atoms with E-state index in [1.165, 1.54) is 17.8 Å². The maximum absolute atomic E-state index is 13.2. The number of carbonyl (C=O) groups is 2. The van der Waals surface area contributed by atoms with Crippen molar-refractivity contribution >= 4 is 62.7 Å². The Morgan fingerprint density at radius 1 is 1.26 bits per heavy atom. The largest absolute Gasteiger partial charge is 0.465 e. The normalized spacial score (nSPS) is 18.0. The highest BCUT2D eigenvalue weighted by Crippen LogP contribution is 2.39. The molecule has 0 aromatic heterocycles. The van der Waals surface area contributed by atoms with Crippen molar-refractivity contribution in [3.8, 4) is 0 Å². The van der Waals surface area contributed by atoms with Crippen molar-refractivity contribution in [3.63, 3.8) is 0 Å². The van der Waals surface area contributed by atoms with Gasteiger partial charge in [-0.1, -0.05) is 33.6 Å². The van der Waals surface area contributed by atoms with E-state index < -0.39 is 34.2 Å². The lowest BCUT2D eigenvalue weighted by Crippen LogP contribution is -2.46. The van der Waals surface area contributed by atoms with Crippen molar-refractivity contribution in [3.05, 3.63) is 63.1 Å². The van der Waals surface area contributed by atoms with Crippen LogP contribution in [-0.4, -0.2) is 47.9 Å². The third kappa shape index (κ3) is 5.52. The summed E-state index contributed by atoms with van der Waals surface area (Å²) >= 11 is 10.6. The van der Waals surface area contributed by atoms with E-state index in [0.29, 0.717) is 5.69 Å². The van der Waals surface area contributed by atoms with Crippen LogP contribution in [0.3, 0.4) is 0 Å². The highest BCUT2D eigenvalue weighted by molar-refractivity contribution is 9.10. The van der Waals surface area contributed by atoms with Gasteiger partial charge >= 0.3 is 18.2 Å². The molecule has 2 aromatic carbocycles. The Labute approximate surface area is 212 Å². The lowest BCUT2D eigenvalue weighted by molar-refractivity contribution is -0.150. The number of nitrogens with zero attached hydrogens (tertiary/aromatic N) is 2. The predicted octanol–water partition coefficient (Wildman–Crippen LogP) is 6.29. The van der Waals surface area contributed by atoms with Gasteiger partial charge in [0.25, 0.3) is 0 Å². The van der Waals surface area contributed by atoms with Crippen LogP contribution in [0, 0.1) is 5.41 Å². The Bertz CT molecular complexity index is 1110. The number of nitrogens with one attached hydrogen (secondary N) is 1. The molecule has 1 N–H and O–H groups in total. The summed E-state index contributed by atoms with van der Waals surface area (Å²) in [6, 6.07) is 9.37. The molecular formula is C22H20BrClF3N3O3S. The molecule has 3 rings (SSSR count). The molecule has 1 atom stereocenters. The number of rotatable bonds is 6. The van der Waals surface area contributed by atoms with Crippen molar-refractivity contribution in [2.45, 2.75) is 13.1 Å². The zero-order valence-corrected chi connectivity index (χ0v) is 21.2. The van der Waals surface area contributed by atoms with Gasteiger partial charge < -0.3 is 10.1 Å². The van der Waals surface area contributed by atoms with Crippen molar-refractivity contribution in [1.82, 2.24) is 5.01 Å². The molecule has 0 saturated heterocycles. The maximum Gasteiger partial charge on any atom is 0.417 e. The molecule has 0 saturated carbocycles. The number of carbonyl (C=O) groups excluding carboxylic acids is 2. The van der Waals surface area contributed by atoms with Gasteiger partial charge in [-0.25, -0.2) is 9.80 Å². The van der Waals surface area contributed by atoms with Crippen LogP contribution in [-0.2, 0) is 15.7 Å². The lowest BCUT2D eigenvalue weighted by Gasteiger charge is -2.28. The molecule has 0 fully saturated rings. The van der Waals surface area contributed by atoms with Crippen LogP contribution in [0.25, 0.3) is 0 Å². The number of esters is 1. The summed E-state index contributed by atoms with van der Waals surface area (Å²) in [5.74, 6) is -0.441. The standard InChI is InChI=1S/C22H20BrClF3N3O3S/c1-3-33-19(31)21(12-34-2)11-30(20(32)28-15-7-5-14(23)6-8-15)29-18(21)13-4-9-16(17(24)10-13)22(25,26)27/h4-10H,3,11-12H2,1-2H3,(H,28,32). The number of amides is 2. The second-order valence-corrected chi connectivity index (χ2v) is 9.56. The summed E-state index contributed by atoms with van der Waals surface area (Å²) < 4.78 is 45.7. The Kier molecular flexibility index (Phi) is 8.20. The van der Waals surface area contributed by atoms with Crippen molar-refractivity contribution in [1.29, 1.82) is 0 Å². The molecule has 2 aromatic rings. The molecule has 2 amide bonds. The van der Waals surface area contributed by atoms with E-state index in [1.54, 1.807) is 37.4 Å². The fourth-order valence-corrected chi connectivity index (χ4v) is 4.89. The quantitative estimate of drug-likeness (QED) is 0.409. The first kappa shape index (κ1) is 26.4. The SMILES string of the molecule is CCOC(=O)C1(CSC)CN(C(=O)Nc2ccc(Br)cc2)N=C1c1ccc(C(F)(F)F)c(Cl)c1. The van der Waals surface area contributed by atoms with E-state index in [0.717, 1.165) is 21.6 Å². The summed E-state index contributed by atoms with van der Waals surface area (Å²) in [7, 11) is 0. The summed E-state index contributed by atoms with van der Waals surface area (Å²) in [6.07, 6.45) is -2.87. The minimum atomic E-state index is -4.64. The summed E-state index contributed by atoms with van der Waals surface area (Å²) in [5, 5.41) is 7.60. The smallest absolute Gasteiger partial charge is 0.417 e. The second-order valence-electron chi connectivity index (χ2n) is 7.37. The van der Waals surface area contributed by atoms with E-state index in [1.807, 2.05) is 0 Å². The molecule has 0 bridgehead atoms. The van der Waals surface area contributed by atoms with E-state index in [9.17, 15) is 22.8 Å². The molecule has 0 aliphatic carbocycles. The molecule has 6 nitrogen and oxygen atoms in total. The monoisotopic (exact) mass is 577 g/mol. The van der Waals surface area contributed by atoms with Crippen LogP contribution >= 0.6 is 39.3 Å². The fraction of sp³-hybridized carbons (Fsp3) is 0.318. The van der Waals surface area contributed by atoms with Crippen LogP contribution in [0.2, 0.25) is 5.02 Å². The number of anilines is 1. The van der Waals surface area contributed by atoms with Gasteiger partial charge in [0.05, 0.1) is 29.4 Å². The summed E-state index contributed by atoms with van der Waals surface area (Å²) in [6.45, 7) is 1.58. The zero-order valence-electron chi connectivity index (χ0n) is 18.1.